The average Bonchev–Trinajstić information content (AvgIpc) is 3.07. The molecule has 2 unspecified atom stereocenters. The van der Waals surface area contributed by atoms with Crippen LogP contribution in [0.25, 0.3) is 0 Å². The molecule has 0 bridgehead atoms. The van der Waals surface area contributed by atoms with Crippen LogP contribution in [-0.4, -0.2) is 35.4 Å². The van der Waals surface area contributed by atoms with Crippen molar-refractivity contribution in [1.29, 1.82) is 0 Å². The zero-order valence-electron chi connectivity index (χ0n) is 12.3. The topological polar surface area (TPSA) is 32.3 Å². The van der Waals surface area contributed by atoms with Crippen molar-refractivity contribution < 1.29 is 4.79 Å². The van der Waals surface area contributed by atoms with Crippen LogP contribution in [0.1, 0.15) is 43.6 Å². The fraction of sp³-hybridized carbons (Fsp3) is 0.667. The van der Waals surface area contributed by atoms with Gasteiger partial charge in [-0.3, -0.25) is 10.1 Å². The Labute approximate surface area is 130 Å². The summed E-state index contributed by atoms with van der Waals surface area (Å²) in [5.74, 6) is 1.40. The number of thioether (sulfide) groups is 1. The van der Waals surface area contributed by atoms with Gasteiger partial charge in [-0.15, -0.1) is 11.3 Å². The maximum absolute atomic E-state index is 12.6. The molecule has 0 aliphatic carbocycles. The third kappa shape index (κ3) is 3.77. The number of hydrogen-bond donors (Lipinski definition) is 1. The normalized spacial score (nSPS) is 22.7. The second-order valence-electron chi connectivity index (χ2n) is 5.16. The molecule has 0 radical (unpaired) electrons. The number of nitrogens with zero attached hydrogens (tertiary/aromatic N) is 1. The minimum absolute atomic E-state index is 0.0105. The van der Waals surface area contributed by atoms with Gasteiger partial charge in [0, 0.05) is 11.4 Å². The molecule has 1 fully saturated rings. The third-order valence-corrected chi connectivity index (χ3v) is 5.28. The number of unbranched alkanes of at least 4 members (excludes halogenated alkanes) is 1. The molecule has 1 N–H and O–H groups in total. The Morgan fingerprint density at radius 2 is 2.30 bits per heavy atom. The summed E-state index contributed by atoms with van der Waals surface area (Å²) >= 11 is 3.57. The highest BCUT2D eigenvalue weighted by atomic mass is 32.2. The van der Waals surface area contributed by atoms with E-state index in [-0.39, 0.29) is 18.1 Å². The lowest BCUT2D eigenvalue weighted by Gasteiger charge is -2.23. The fourth-order valence-corrected chi connectivity index (χ4v) is 3.81. The molecule has 1 aliphatic rings. The minimum Gasteiger partial charge on any atom is -0.321 e. The second kappa shape index (κ2) is 8.05. The predicted octanol–water partition coefficient (Wildman–Crippen LogP) is 3.49. The molecule has 0 aromatic carbocycles. The predicted molar refractivity (Wildman–Crippen MR) is 88.2 cm³/mol. The number of hydrogen-bond acceptors (Lipinski definition) is 4. The molecule has 1 aliphatic heterocycles. The monoisotopic (exact) mass is 312 g/mol. The summed E-state index contributed by atoms with van der Waals surface area (Å²) in [6, 6.07) is 4.20. The standard InChI is InChI=1S/C15H24N2OS2/c1-3-4-7-12-15(18)17(9-6-10-19-2)14(16-12)13-8-5-11-20-13/h5,8,11-12,14,16H,3-4,6-7,9-10H2,1-2H3. The molecular weight excluding hydrogens is 288 g/mol. The van der Waals surface area contributed by atoms with Crippen molar-refractivity contribution in [2.24, 2.45) is 0 Å². The van der Waals surface area contributed by atoms with Gasteiger partial charge in [0.25, 0.3) is 0 Å². The zero-order chi connectivity index (χ0) is 14.4. The van der Waals surface area contributed by atoms with Gasteiger partial charge >= 0.3 is 0 Å². The Kier molecular flexibility index (Phi) is 6.39. The molecule has 3 nitrogen and oxygen atoms in total. The summed E-state index contributed by atoms with van der Waals surface area (Å²) in [4.78, 5) is 15.9. The molecular formula is C15H24N2OS2. The van der Waals surface area contributed by atoms with E-state index in [0.717, 1.165) is 38.0 Å². The maximum Gasteiger partial charge on any atom is 0.241 e. The van der Waals surface area contributed by atoms with Crippen LogP contribution in [0.2, 0.25) is 0 Å². The Morgan fingerprint density at radius 1 is 1.45 bits per heavy atom. The van der Waals surface area contributed by atoms with E-state index < -0.39 is 0 Å². The Morgan fingerprint density at radius 3 is 2.95 bits per heavy atom. The van der Waals surface area contributed by atoms with Crippen LogP contribution >= 0.6 is 23.1 Å². The van der Waals surface area contributed by atoms with E-state index in [1.807, 2.05) is 16.7 Å². The van der Waals surface area contributed by atoms with Crippen molar-refractivity contribution in [3.63, 3.8) is 0 Å². The van der Waals surface area contributed by atoms with Crippen molar-refractivity contribution >= 4 is 29.0 Å². The smallest absolute Gasteiger partial charge is 0.241 e. The quantitative estimate of drug-likeness (QED) is 0.746. The highest BCUT2D eigenvalue weighted by Gasteiger charge is 2.38. The second-order valence-corrected chi connectivity index (χ2v) is 7.12. The maximum atomic E-state index is 12.6. The highest BCUT2D eigenvalue weighted by Crippen LogP contribution is 2.30. The van der Waals surface area contributed by atoms with Gasteiger partial charge in [-0.1, -0.05) is 25.8 Å². The van der Waals surface area contributed by atoms with Crippen LogP contribution in [0.4, 0.5) is 0 Å². The van der Waals surface area contributed by atoms with Gasteiger partial charge in [-0.05, 0) is 36.3 Å². The number of thiophene rings is 1. The summed E-state index contributed by atoms with van der Waals surface area (Å²) in [5, 5.41) is 5.62. The lowest BCUT2D eigenvalue weighted by atomic mass is 10.1. The van der Waals surface area contributed by atoms with Gasteiger partial charge in [-0.2, -0.15) is 11.8 Å². The molecule has 1 saturated heterocycles. The summed E-state index contributed by atoms with van der Waals surface area (Å²) in [5.41, 5.74) is 0. The fourth-order valence-electron chi connectivity index (χ4n) is 2.60. The van der Waals surface area contributed by atoms with Crippen LogP contribution in [0.15, 0.2) is 17.5 Å². The van der Waals surface area contributed by atoms with Crippen molar-refractivity contribution in [3.8, 4) is 0 Å². The van der Waals surface area contributed by atoms with Crippen LogP contribution in [0, 0.1) is 0 Å². The number of carbonyl (C=O) groups excluding carboxylic acids is 1. The largest absolute Gasteiger partial charge is 0.321 e. The van der Waals surface area contributed by atoms with E-state index in [9.17, 15) is 4.79 Å². The average molecular weight is 313 g/mol. The van der Waals surface area contributed by atoms with Crippen molar-refractivity contribution in [1.82, 2.24) is 10.2 Å². The first-order chi connectivity index (χ1) is 9.77. The van der Waals surface area contributed by atoms with Gasteiger partial charge in [0.1, 0.15) is 6.17 Å². The molecule has 1 amide bonds. The van der Waals surface area contributed by atoms with E-state index in [1.54, 1.807) is 11.3 Å². The van der Waals surface area contributed by atoms with E-state index >= 15 is 0 Å². The molecule has 1 aromatic rings. The van der Waals surface area contributed by atoms with Gasteiger partial charge in [-0.25, -0.2) is 0 Å². The number of nitrogens with one attached hydrogen (secondary N) is 1. The lowest BCUT2D eigenvalue weighted by molar-refractivity contribution is -0.130. The molecule has 0 spiro atoms. The van der Waals surface area contributed by atoms with E-state index in [0.29, 0.717) is 0 Å². The molecule has 0 saturated carbocycles. The summed E-state index contributed by atoms with van der Waals surface area (Å²) in [6.07, 6.45) is 6.48. The van der Waals surface area contributed by atoms with Crippen molar-refractivity contribution in [3.05, 3.63) is 22.4 Å². The lowest BCUT2D eigenvalue weighted by Crippen LogP contribution is -2.32. The molecule has 2 rings (SSSR count). The summed E-state index contributed by atoms with van der Waals surface area (Å²) < 4.78 is 0. The van der Waals surface area contributed by atoms with E-state index in [4.69, 9.17) is 0 Å². The Balaban J connectivity index is 2.04. The summed E-state index contributed by atoms with van der Waals surface area (Å²) in [6.45, 7) is 3.03. The number of amides is 1. The third-order valence-electron chi connectivity index (χ3n) is 3.66. The van der Waals surface area contributed by atoms with Gasteiger partial charge in [0.05, 0.1) is 6.04 Å². The zero-order valence-corrected chi connectivity index (χ0v) is 13.9. The molecule has 5 heteroatoms. The Hall–Kier alpha value is -0.520. The first kappa shape index (κ1) is 15.9. The first-order valence-electron chi connectivity index (χ1n) is 7.36. The molecule has 2 atom stereocenters. The highest BCUT2D eigenvalue weighted by molar-refractivity contribution is 7.98. The van der Waals surface area contributed by atoms with Crippen LogP contribution in [-0.2, 0) is 4.79 Å². The molecule has 20 heavy (non-hydrogen) atoms. The van der Waals surface area contributed by atoms with Gasteiger partial charge in [0.15, 0.2) is 0 Å². The summed E-state index contributed by atoms with van der Waals surface area (Å²) in [7, 11) is 0. The minimum atomic E-state index is 0.0105. The molecule has 1 aromatic heterocycles. The molecule has 112 valence electrons. The number of carbonyl (C=O) groups is 1. The van der Waals surface area contributed by atoms with Crippen LogP contribution in [0.3, 0.4) is 0 Å². The first-order valence-corrected chi connectivity index (χ1v) is 9.64. The van der Waals surface area contributed by atoms with Crippen molar-refractivity contribution in [2.45, 2.75) is 44.8 Å². The van der Waals surface area contributed by atoms with Crippen LogP contribution < -0.4 is 5.32 Å². The van der Waals surface area contributed by atoms with E-state index in [2.05, 4.69) is 36.0 Å². The van der Waals surface area contributed by atoms with Gasteiger partial charge in [0.2, 0.25) is 5.91 Å². The van der Waals surface area contributed by atoms with Gasteiger partial charge < -0.3 is 4.90 Å². The molecule has 2 heterocycles. The number of rotatable bonds is 8. The SMILES string of the molecule is CCCCC1NC(c2cccs2)N(CCCSC)C1=O. The van der Waals surface area contributed by atoms with Crippen molar-refractivity contribution in [2.75, 3.05) is 18.6 Å². The van der Waals surface area contributed by atoms with E-state index in [1.165, 1.54) is 4.88 Å². The van der Waals surface area contributed by atoms with Crippen LogP contribution in [0.5, 0.6) is 0 Å². The Bertz CT molecular complexity index is 408.